The molecule has 1 aliphatic carbocycles. The number of alkyl halides is 4. The third-order valence-corrected chi connectivity index (χ3v) is 4.58. The summed E-state index contributed by atoms with van der Waals surface area (Å²) in [5.74, 6) is -4.01. The van der Waals surface area contributed by atoms with Gasteiger partial charge in [0.25, 0.3) is 0 Å². The molecule has 152 valence electrons. The lowest BCUT2D eigenvalue weighted by molar-refractivity contribution is -0.222. The van der Waals surface area contributed by atoms with E-state index in [9.17, 15) is 27.1 Å². The van der Waals surface area contributed by atoms with E-state index in [0.29, 0.717) is 6.20 Å². The number of aliphatic hydroxyl groups is 1. The van der Waals surface area contributed by atoms with Crippen molar-refractivity contribution in [2.24, 2.45) is 0 Å². The van der Waals surface area contributed by atoms with Gasteiger partial charge in [-0.05, 0) is 12.1 Å². The first-order chi connectivity index (χ1) is 13.7. The number of aromatic nitrogens is 1. The summed E-state index contributed by atoms with van der Waals surface area (Å²) in [7, 11) is 0. The third-order valence-electron chi connectivity index (χ3n) is 4.58. The molecule has 11 heteroatoms. The fourth-order valence-corrected chi connectivity index (χ4v) is 3.49. The molecule has 2 aliphatic rings. The van der Waals surface area contributed by atoms with Crippen molar-refractivity contribution < 1.29 is 41.3 Å². The molecule has 2 atom stereocenters. The van der Waals surface area contributed by atoms with Gasteiger partial charge in [0.15, 0.2) is 17.6 Å². The van der Waals surface area contributed by atoms with Crippen LogP contribution in [0.5, 0.6) is 11.5 Å². The monoisotopic (exact) mass is 414 g/mol. The summed E-state index contributed by atoms with van der Waals surface area (Å²) < 4.78 is 84.8. The minimum atomic E-state index is -5.00. The van der Waals surface area contributed by atoms with Crippen molar-refractivity contribution >= 4 is 0 Å². The predicted octanol–water partition coefficient (Wildman–Crippen LogP) is 3.49. The van der Waals surface area contributed by atoms with Gasteiger partial charge in [0.05, 0.1) is 36.6 Å². The van der Waals surface area contributed by atoms with Crippen molar-refractivity contribution in [1.82, 2.24) is 4.98 Å². The normalized spacial score (nSPS) is 22.5. The molecule has 1 N–H and O–H groups in total. The standard InChI is InChI=1S/C18H11F5N2O4/c19-9-3-8(6-24)4-10(5-9)29-11-7-25-16(18(21,22)23)13-12(11)14(26)15(20)17(13)27-1-2-28-17/h3-5,7,14-15,26H,1-2H2/t14-,15-/m1/s1. The van der Waals surface area contributed by atoms with Gasteiger partial charge in [0.1, 0.15) is 17.7 Å². The summed E-state index contributed by atoms with van der Waals surface area (Å²) in [6, 6.07) is 4.61. The Morgan fingerprint density at radius 2 is 1.93 bits per heavy atom. The minimum absolute atomic E-state index is 0.112. The van der Waals surface area contributed by atoms with Crippen LogP contribution in [0, 0.1) is 17.1 Å². The number of halogens is 5. The van der Waals surface area contributed by atoms with Crippen LogP contribution in [0.3, 0.4) is 0 Å². The van der Waals surface area contributed by atoms with Gasteiger partial charge in [0, 0.05) is 11.6 Å². The van der Waals surface area contributed by atoms with Crippen LogP contribution in [0.1, 0.15) is 28.5 Å². The second-order valence-corrected chi connectivity index (χ2v) is 6.36. The van der Waals surface area contributed by atoms with E-state index in [-0.39, 0.29) is 24.5 Å². The number of nitriles is 1. The van der Waals surface area contributed by atoms with Crippen LogP contribution in [0.25, 0.3) is 0 Å². The number of rotatable bonds is 2. The largest absolute Gasteiger partial charge is 0.455 e. The molecule has 0 saturated carbocycles. The fourth-order valence-electron chi connectivity index (χ4n) is 3.49. The van der Waals surface area contributed by atoms with E-state index in [2.05, 4.69) is 4.98 Å². The molecule has 2 heterocycles. The van der Waals surface area contributed by atoms with Crippen molar-refractivity contribution in [3.8, 4) is 17.6 Å². The number of aliphatic hydroxyl groups excluding tert-OH is 1. The number of nitrogens with zero attached hydrogens (tertiary/aromatic N) is 2. The van der Waals surface area contributed by atoms with Crippen LogP contribution in [0.2, 0.25) is 0 Å². The second kappa shape index (κ2) is 6.62. The Morgan fingerprint density at radius 1 is 1.24 bits per heavy atom. The van der Waals surface area contributed by atoms with E-state index in [4.69, 9.17) is 19.5 Å². The lowest BCUT2D eigenvalue weighted by atomic mass is 10.0. The Kier molecular flexibility index (Phi) is 4.45. The number of pyridine rings is 1. The molecule has 1 aromatic heterocycles. The molecule has 29 heavy (non-hydrogen) atoms. The van der Waals surface area contributed by atoms with Gasteiger partial charge >= 0.3 is 6.18 Å². The maximum Gasteiger partial charge on any atom is 0.433 e. The van der Waals surface area contributed by atoms with Gasteiger partial charge in [-0.2, -0.15) is 18.4 Å². The number of benzene rings is 1. The van der Waals surface area contributed by atoms with E-state index >= 15 is 0 Å². The second-order valence-electron chi connectivity index (χ2n) is 6.36. The molecule has 6 nitrogen and oxygen atoms in total. The van der Waals surface area contributed by atoms with E-state index in [1.54, 1.807) is 6.07 Å². The van der Waals surface area contributed by atoms with E-state index in [0.717, 1.165) is 18.2 Å². The summed E-state index contributed by atoms with van der Waals surface area (Å²) in [5.41, 5.74) is -2.99. The fraction of sp³-hybridized carbons (Fsp3) is 0.333. The van der Waals surface area contributed by atoms with Crippen molar-refractivity contribution in [3.63, 3.8) is 0 Å². The molecule has 1 spiro atoms. The summed E-state index contributed by atoms with van der Waals surface area (Å²) in [4.78, 5) is 3.32. The average Bonchev–Trinajstić information content (AvgIpc) is 3.22. The minimum Gasteiger partial charge on any atom is -0.455 e. The Morgan fingerprint density at radius 3 is 2.55 bits per heavy atom. The molecule has 2 aromatic rings. The molecular formula is C18H11F5N2O4. The number of hydrogen-bond donors (Lipinski definition) is 1. The molecular weight excluding hydrogens is 403 g/mol. The molecule has 4 rings (SSSR count). The molecule has 1 aromatic carbocycles. The summed E-state index contributed by atoms with van der Waals surface area (Å²) in [6.45, 7) is -0.380. The molecule has 0 unspecified atom stereocenters. The first-order valence-electron chi connectivity index (χ1n) is 8.26. The smallest absolute Gasteiger partial charge is 0.433 e. The Balaban J connectivity index is 1.90. The zero-order valence-corrected chi connectivity index (χ0v) is 14.3. The first-order valence-corrected chi connectivity index (χ1v) is 8.26. The summed E-state index contributed by atoms with van der Waals surface area (Å²) >= 11 is 0. The van der Waals surface area contributed by atoms with Crippen LogP contribution in [0.4, 0.5) is 22.0 Å². The molecule has 0 amide bonds. The van der Waals surface area contributed by atoms with Gasteiger partial charge in [-0.15, -0.1) is 0 Å². The summed E-state index contributed by atoms with van der Waals surface area (Å²) in [5, 5.41) is 19.3. The average molecular weight is 414 g/mol. The van der Waals surface area contributed by atoms with Gasteiger partial charge in [-0.3, -0.25) is 0 Å². The number of ether oxygens (including phenoxy) is 3. The molecule has 1 aliphatic heterocycles. The van der Waals surface area contributed by atoms with E-state index in [1.165, 1.54) is 0 Å². The van der Waals surface area contributed by atoms with Crippen LogP contribution in [0.15, 0.2) is 24.4 Å². The van der Waals surface area contributed by atoms with E-state index in [1.807, 2.05) is 0 Å². The topological polar surface area (TPSA) is 84.6 Å². The maximum atomic E-state index is 14.9. The highest BCUT2D eigenvalue weighted by molar-refractivity contribution is 5.53. The number of fused-ring (bicyclic) bond motifs is 2. The SMILES string of the molecule is N#Cc1cc(F)cc(Oc2cnc(C(F)(F)F)c3c2[C@@H](O)[C@@H](F)C32OCCO2)c1. The molecule has 1 fully saturated rings. The van der Waals surface area contributed by atoms with Crippen molar-refractivity contribution in [3.05, 3.63) is 52.6 Å². The molecule has 0 radical (unpaired) electrons. The van der Waals surface area contributed by atoms with Crippen molar-refractivity contribution in [2.45, 2.75) is 24.2 Å². The Bertz CT molecular complexity index is 1010. The first kappa shape index (κ1) is 19.5. The van der Waals surface area contributed by atoms with Gasteiger partial charge < -0.3 is 19.3 Å². The highest BCUT2D eigenvalue weighted by Crippen LogP contribution is 2.56. The predicted molar refractivity (Wildman–Crippen MR) is 83.9 cm³/mol. The van der Waals surface area contributed by atoms with Crippen LogP contribution >= 0.6 is 0 Å². The van der Waals surface area contributed by atoms with Gasteiger partial charge in [0.2, 0.25) is 5.79 Å². The molecule has 1 saturated heterocycles. The van der Waals surface area contributed by atoms with Crippen LogP contribution in [-0.2, 0) is 21.4 Å². The number of hydrogen-bond acceptors (Lipinski definition) is 6. The lowest BCUT2D eigenvalue weighted by Gasteiger charge is -2.27. The zero-order chi connectivity index (χ0) is 21.0. The highest BCUT2D eigenvalue weighted by atomic mass is 19.4. The van der Waals surface area contributed by atoms with Crippen LogP contribution in [-0.4, -0.2) is 29.5 Å². The maximum absolute atomic E-state index is 14.9. The van der Waals surface area contributed by atoms with Crippen LogP contribution < -0.4 is 4.74 Å². The Hall–Kier alpha value is -2.81. The molecule has 0 bridgehead atoms. The van der Waals surface area contributed by atoms with Gasteiger partial charge in [-0.25, -0.2) is 13.8 Å². The summed E-state index contributed by atoms with van der Waals surface area (Å²) in [6.07, 6.45) is -8.81. The third kappa shape index (κ3) is 3.00. The quantitative estimate of drug-likeness (QED) is 0.758. The van der Waals surface area contributed by atoms with Crippen molar-refractivity contribution in [2.75, 3.05) is 13.2 Å². The lowest BCUT2D eigenvalue weighted by Crippen LogP contribution is -2.37. The van der Waals surface area contributed by atoms with Gasteiger partial charge in [-0.1, -0.05) is 0 Å². The van der Waals surface area contributed by atoms with Crippen molar-refractivity contribution in [1.29, 1.82) is 5.26 Å². The Labute approximate surface area is 160 Å². The zero-order valence-electron chi connectivity index (χ0n) is 14.3. The van der Waals surface area contributed by atoms with E-state index < -0.39 is 52.6 Å². The highest BCUT2D eigenvalue weighted by Gasteiger charge is 2.62.